The van der Waals surface area contributed by atoms with E-state index in [4.69, 9.17) is 26.2 Å². The lowest BCUT2D eigenvalue weighted by Gasteiger charge is -2.35. The van der Waals surface area contributed by atoms with Gasteiger partial charge < -0.3 is 165 Å². The maximum absolute atomic E-state index is 14.6. The van der Waals surface area contributed by atoms with Crippen molar-refractivity contribution in [1.82, 2.24) is 67.7 Å². The molecule has 0 radical (unpaired) electrons. The smallest absolute Gasteiger partial charge is 0.481 e. The van der Waals surface area contributed by atoms with Crippen LogP contribution in [0.5, 0.6) is 0 Å². The number of carboxylic acids is 3. The van der Waals surface area contributed by atoms with E-state index < -0.39 is 302 Å². The van der Waals surface area contributed by atoms with E-state index in [2.05, 4.69) is 73.4 Å². The lowest BCUT2D eigenvalue weighted by Crippen LogP contribution is -2.59. The summed E-state index contributed by atoms with van der Waals surface area (Å²) >= 11 is 7.41. The van der Waals surface area contributed by atoms with Crippen LogP contribution in [0, 0.1) is 13.8 Å². The number of benzene rings is 1. The molecule has 0 bridgehead atoms. The number of thiazole rings is 1. The summed E-state index contributed by atoms with van der Waals surface area (Å²) in [5, 5.41) is 205. The number of nitrogens with zero attached hydrogens (tertiary/aromatic N) is 5. The molecular formula is C73H111ClN16O34S3. The minimum atomic E-state index is -2.21. The van der Waals surface area contributed by atoms with Crippen molar-refractivity contribution in [2.24, 2.45) is 0 Å². The highest BCUT2D eigenvalue weighted by molar-refractivity contribution is 8.76. The van der Waals surface area contributed by atoms with Crippen molar-refractivity contribution < 1.29 is 169 Å². The zero-order valence-electron chi connectivity index (χ0n) is 68.9. The predicted octanol–water partition coefficient (Wildman–Crippen LogP) is -9.40. The highest BCUT2D eigenvalue weighted by Gasteiger charge is 2.38. The average molecular weight is 1890 g/mol. The van der Waals surface area contributed by atoms with E-state index in [1.54, 1.807) is 25.1 Å². The number of hydrogen-bond donors (Lipinski definition) is 29. The fourth-order valence-corrected chi connectivity index (χ4v) is 14.6. The summed E-state index contributed by atoms with van der Waals surface area (Å²) in [6, 6.07) is -5.08. The highest BCUT2D eigenvalue weighted by Crippen LogP contribution is 2.30. The first-order valence-electron chi connectivity index (χ1n) is 39.4. The number of aliphatic carboxylic acids is 3. The van der Waals surface area contributed by atoms with Gasteiger partial charge in [0.05, 0.1) is 55.0 Å². The number of para-hydroxylation sites is 1. The molecule has 3 heterocycles. The molecule has 29 N–H and O–H groups in total. The molecule has 1 aliphatic heterocycles. The Kier molecular flexibility index (Phi) is 48.8. The molecule has 10 amide bonds. The topological polar surface area (TPSA) is 799 Å². The standard InChI is InChI=1S/C73H111ClN16O34S3/c1-34-5-4-6-37(74)58(34)88-70(119)50-29-78-72(127-50)87-51-25-52(80-35(2)79-51)90-19-17-89(18-20-90)21-22-123-73(122)124-23-24-125-126-33-43(71(120)121)86-69(118)40(9-14-55(103)77-28-46(97)61(110)64(113)49(100)32-93)83-68(117)42(11-16-57(106)107)85-66(115)39(8-13-54(102)76-27-45(96)60(109)63(112)48(99)31-92)82-67(116)41(10-15-56(104)105)84-65(114)38(81-36(3)94)7-12-53(101)75-26-44(95)59(108)62(111)47(98)30-91/h4-6,25,29,38-49,59-64,91-93,95-100,108-113H,7-24,26-28,30-33H2,1-3H3,(H,75,101)(H,76,102)(H,77,103)(H,81,94)(H,82,116)(H,83,117)(H,84,114)(H,85,115)(H,86,118)(H,88,119)(H,104,105)(H,106,107)(H,120,121)(H,78,79,80,87)/t38-,39-,40-,41-,42-,43-,44-,45-,46-,47+,48+,49+,59+,60+,61+,62+,63+,64+/m0/s1. The molecule has 1 fully saturated rings. The van der Waals surface area contributed by atoms with Gasteiger partial charge >= 0.3 is 24.1 Å². The number of hydrogen-bond acceptors (Lipinski definition) is 40. The van der Waals surface area contributed by atoms with Crippen molar-refractivity contribution in [3.8, 4) is 0 Å². The Balaban J connectivity index is 1.49. The number of nitrogens with one attached hydrogen (secondary N) is 11. The third-order valence-electron chi connectivity index (χ3n) is 18.9. The molecule has 18 atom stereocenters. The normalized spacial score (nSPS) is 16.5. The third-order valence-corrected chi connectivity index (χ3v) is 22.5. The minimum Gasteiger partial charge on any atom is -0.481 e. The van der Waals surface area contributed by atoms with Gasteiger partial charge in [-0.2, -0.15) is 0 Å². The van der Waals surface area contributed by atoms with E-state index in [0.717, 1.165) is 45.4 Å². The zero-order valence-corrected chi connectivity index (χ0v) is 72.1. The first kappa shape index (κ1) is 110. The molecule has 50 nitrogen and oxygen atoms in total. The molecule has 0 aliphatic carbocycles. The number of carboxylic acid groups (broad SMARTS) is 3. The van der Waals surface area contributed by atoms with E-state index >= 15 is 0 Å². The van der Waals surface area contributed by atoms with Crippen LogP contribution in [0.25, 0.3) is 0 Å². The van der Waals surface area contributed by atoms with Crippen molar-refractivity contribution in [3.63, 3.8) is 0 Å². The average Bonchev–Trinajstić information content (AvgIpc) is 1.79. The Morgan fingerprint density at radius 2 is 0.913 bits per heavy atom. The summed E-state index contributed by atoms with van der Waals surface area (Å²) < 4.78 is 10.5. The van der Waals surface area contributed by atoms with Crippen LogP contribution >= 0.6 is 44.5 Å². The lowest BCUT2D eigenvalue weighted by molar-refractivity contribution is -0.142. The van der Waals surface area contributed by atoms with Gasteiger partial charge in [-0.05, 0) is 57.6 Å². The summed E-state index contributed by atoms with van der Waals surface area (Å²) in [5.74, 6) is -15.5. The third kappa shape index (κ3) is 39.4. The number of aliphatic hydroxyl groups is 15. The maximum atomic E-state index is 14.6. The molecule has 2 aromatic heterocycles. The van der Waals surface area contributed by atoms with Gasteiger partial charge in [-0.1, -0.05) is 56.7 Å². The van der Waals surface area contributed by atoms with Crippen molar-refractivity contribution in [1.29, 1.82) is 0 Å². The number of halogens is 1. The number of carbonyl (C=O) groups excluding carboxylic acids is 11. The first-order valence-corrected chi connectivity index (χ1v) is 43.1. The van der Waals surface area contributed by atoms with Crippen LogP contribution in [0.4, 0.5) is 27.2 Å². The van der Waals surface area contributed by atoms with Crippen molar-refractivity contribution >= 4 is 150 Å². The summed E-state index contributed by atoms with van der Waals surface area (Å²) in [4.78, 5) is 204. The maximum Gasteiger partial charge on any atom is 0.508 e. The Hall–Kier alpha value is -9.74. The molecule has 0 unspecified atom stereocenters. The van der Waals surface area contributed by atoms with Gasteiger partial charge in [0.15, 0.2) is 5.13 Å². The second-order valence-electron chi connectivity index (χ2n) is 28.8. The van der Waals surface area contributed by atoms with Crippen LogP contribution in [0.3, 0.4) is 0 Å². The number of carbonyl (C=O) groups is 14. The SMILES string of the molecule is CC(=O)N[C@@H](CCC(=O)NC[C@H](O)[C@@H](O)[C@H](O)[C@H](O)CO)C(=O)N[C@@H](CCC(=O)O)C(=O)N[C@@H](CCC(=O)NC[C@H](O)[C@@H](O)[C@H](O)[C@H](O)CO)C(=O)N[C@@H](CCC(=O)O)C(=O)N[C@@H](CCC(=O)NC[C@H](O)[C@@H](O)[C@H](O)[C@H](O)CO)C(=O)N[C@@H](CSSCCOC(=O)OCCN1CCN(c2cc(Nc3ncc(C(=O)Nc4c(C)cccc4Cl)s3)nc(C)n2)CC1)C(=O)O. The molecule has 0 spiro atoms. The molecular weight excluding hydrogens is 1780 g/mol. The van der Waals surface area contributed by atoms with E-state index in [1.807, 2.05) is 22.8 Å². The summed E-state index contributed by atoms with van der Waals surface area (Å²) in [6.45, 7) is 0.840. The largest absolute Gasteiger partial charge is 0.508 e. The Bertz CT molecular complexity index is 4090. The van der Waals surface area contributed by atoms with Crippen LogP contribution < -0.4 is 63.4 Å². The molecule has 4 rings (SSSR count). The fraction of sp³-hybridized carbons (Fsp3) is 0.630. The first-order chi connectivity index (χ1) is 60.0. The number of rotatable bonds is 59. The zero-order chi connectivity index (χ0) is 94.9. The van der Waals surface area contributed by atoms with Crippen molar-refractivity contribution in [3.05, 3.63) is 51.7 Å². The van der Waals surface area contributed by atoms with Crippen LogP contribution in [0.1, 0.15) is 92.2 Å². The number of aliphatic hydroxyl groups excluding tert-OH is 15. The van der Waals surface area contributed by atoms with Crippen LogP contribution in [0.2, 0.25) is 5.02 Å². The molecule has 1 aliphatic rings. The van der Waals surface area contributed by atoms with Crippen molar-refractivity contribution in [2.75, 3.05) is 112 Å². The number of piperazine rings is 1. The Morgan fingerprint density at radius 3 is 1.31 bits per heavy atom. The summed E-state index contributed by atoms with van der Waals surface area (Å²) in [7, 11) is 1.80. The van der Waals surface area contributed by atoms with Gasteiger partial charge in [-0.25, -0.2) is 24.5 Å². The molecule has 54 heteroatoms. The number of anilines is 4. The molecule has 3 aromatic rings. The molecule has 1 saturated heterocycles. The molecule has 712 valence electrons. The molecule has 1 aromatic carbocycles. The van der Waals surface area contributed by atoms with Crippen LogP contribution in [0.15, 0.2) is 30.5 Å². The Morgan fingerprint density at radius 1 is 0.512 bits per heavy atom. The second-order valence-corrected chi connectivity index (χ2v) is 32.8. The van der Waals surface area contributed by atoms with Gasteiger partial charge in [0.1, 0.15) is 127 Å². The molecule has 0 saturated carbocycles. The summed E-state index contributed by atoms with van der Waals surface area (Å²) in [5.41, 5.74) is 1.27. The Labute approximate surface area is 741 Å². The van der Waals surface area contributed by atoms with E-state index in [1.165, 1.54) is 6.20 Å². The van der Waals surface area contributed by atoms with Crippen LogP contribution in [-0.2, 0) is 67.0 Å². The van der Waals surface area contributed by atoms with E-state index in [-0.39, 0.29) is 19.0 Å². The van der Waals surface area contributed by atoms with Crippen molar-refractivity contribution in [2.45, 2.75) is 194 Å². The van der Waals surface area contributed by atoms with Crippen LogP contribution in [-0.4, -0.2) is 401 Å². The fourth-order valence-electron chi connectivity index (χ4n) is 11.6. The number of ether oxygens (including phenoxy) is 2. The molecule has 127 heavy (non-hydrogen) atoms. The lowest BCUT2D eigenvalue weighted by atomic mass is 10.0. The van der Waals surface area contributed by atoms with E-state index in [9.17, 15) is 154 Å². The predicted molar refractivity (Wildman–Crippen MR) is 446 cm³/mol. The quantitative estimate of drug-likeness (QED) is 0.0142. The summed E-state index contributed by atoms with van der Waals surface area (Å²) in [6.07, 6.45) is -33.0. The van der Waals surface area contributed by atoms with Gasteiger partial charge in [0.25, 0.3) is 5.91 Å². The number of aryl methyl sites for hydroxylation is 2. The van der Waals surface area contributed by atoms with E-state index in [0.29, 0.717) is 70.9 Å². The minimum absolute atomic E-state index is 0.0159. The monoisotopic (exact) mass is 1890 g/mol. The number of aromatic nitrogens is 3. The van der Waals surface area contributed by atoms with Gasteiger partial charge in [0.2, 0.25) is 53.2 Å². The second kappa shape index (κ2) is 56.6. The van der Waals surface area contributed by atoms with Gasteiger partial charge in [0, 0.05) is 109 Å². The van der Waals surface area contributed by atoms with Gasteiger partial charge in [-0.15, -0.1) is 0 Å². The highest BCUT2D eigenvalue weighted by atomic mass is 35.5. The van der Waals surface area contributed by atoms with Gasteiger partial charge in [-0.3, -0.25) is 62.4 Å². The number of amides is 10.